The smallest absolute Gasteiger partial charge is 0.285 e. The summed E-state index contributed by atoms with van der Waals surface area (Å²) in [6, 6.07) is 8.10. The zero-order valence-electron chi connectivity index (χ0n) is 17.6. The van der Waals surface area contributed by atoms with Gasteiger partial charge in [-0.25, -0.2) is 14.1 Å². The Morgan fingerprint density at radius 3 is 2.47 bits per heavy atom. The topological polar surface area (TPSA) is 60.7 Å². The fourth-order valence-corrected chi connectivity index (χ4v) is 3.50. The molecule has 0 N–H and O–H groups in total. The third kappa shape index (κ3) is 4.53. The monoisotopic (exact) mass is 508 g/mol. The molecule has 0 amide bonds. The summed E-state index contributed by atoms with van der Waals surface area (Å²) in [7, 11) is 0. The number of aromatic nitrogens is 4. The van der Waals surface area contributed by atoms with Crippen molar-refractivity contribution in [2.45, 2.75) is 20.0 Å². The summed E-state index contributed by atoms with van der Waals surface area (Å²) in [5, 5.41) is 4.65. The first-order valence-electron chi connectivity index (χ1n) is 9.73. The van der Waals surface area contributed by atoms with Gasteiger partial charge in [-0.3, -0.25) is 9.78 Å². The van der Waals surface area contributed by atoms with Gasteiger partial charge in [0.2, 0.25) is 5.43 Å². The van der Waals surface area contributed by atoms with Crippen molar-refractivity contribution in [1.29, 1.82) is 0 Å². The molecule has 0 saturated carbocycles. The standard InChI is InChI=1S/C23H14Cl2F4N4O/c1-11-7-18-21(31-12(11)2)22(34)20(32-33(18)14-3-4-15(24)16(25)10-14)17(26)8-13-5-6-30-19(9-13)23(27,28)29/h3-10H,1-2H3/b17-8-. The van der Waals surface area contributed by atoms with Gasteiger partial charge in [0.25, 0.3) is 0 Å². The molecule has 0 bridgehead atoms. The average molecular weight is 509 g/mol. The van der Waals surface area contributed by atoms with Crippen LogP contribution in [0.5, 0.6) is 0 Å². The number of rotatable bonds is 3. The Morgan fingerprint density at radius 2 is 1.79 bits per heavy atom. The summed E-state index contributed by atoms with van der Waals surface area (Å²) in [4.78, 5) is 20.7. The van der Waals surface area contributed by atoms with Gasteiger partial charge in [0.05, 0.1) is 21.2 Å². The number of pyridine rings is 2. The SMILES string of the molecule is Cc1cc2c(nc1C)c(=O)c(/C(F)=C/c1ccnc(C(F)(F)F)c1)nn2-c1ccc(Cl)c(Cl)c1. The third-order valence-electron chi connectivity index (χ3n) is 5.05. The van der Waals surface area contributed by atoms with Gasteiger partial charge in [0, 0.05) is 11.9 Å². The zero-order chi connectivity index (χ0) is 24.8. The number of aryl methyl sites for hydroxylation is 2. The highest BCUT2D eigenvalue weighted by molar-refractivity contribution is 6.42. The molecule has 11 heteroatoms. The molecule has 0 aliphatic heterocycles. The Bertz CT molecular complexity index is 1530. The fraction of sp³-hybridized carbons (Fsp3) is 0.130. The molecule has 0 unspecified atom stereocenters. The van der Waals surface area contributed by atoms with E-state index in [1.165, 1.54) is 22.9 Å². The van der Waals surface area contributed by atoms with E-state index in [9.17, 15) is 18.0 Å². The van der Waals surface area contributed by atoms with Gasteiger partial charge in [0.1, 0.15) is 11.2 Å². The molecule has 4 rings (SSSR count). The van der Waals surface area contributed by atoms with E-state index in [0.29, 0.717) is 23.0 Å². The minimum Gasteiger partial charge on any atom is -0.285 e. The second kappa shape index (κ2) is 8.81. The number of benzene rings is 1. The van der Waals surface area contributed by atoms with Crippen LogP contribution in [0.15, 0.2) is 47.4 Å². The molecule has 0 aliphatic rings. The van der Waals surface area contributed by atoms with Gasteiger partial charge in [-0.05, 0) is 67.4 Å². The van der Waals surface area contributed by atoms with Crippen molar-refractivity contribution >= 4 is 46.1 Å². The predicted molar refractivity (Wildman–Crippen MR) is 123 cm³/mol. The third-order valence-corrected chi connectivity index (χ3v) is 5.79. The first kappa shape index (κ1) is 23.8. The number of halogens is 6. The van der Waals surface area contributed by atoms with Gasteiger partial charge >= 0.3 is 6.18 Å². The molecule has 3 heterocycles. The number of hydrogen-bond acceptors (Lipinski definition) is 4. The van der Waals surface area contributed by atoms with Gasteiger partial charge in [-0.15, -0.1) is 0 Å². The Labute approximate surface area is 200 Å². The highest BCUT2D eigenvalue weighted by Gasteiger charge is 2.32. The molecule has 0 atom stereocenters. The Morgan fingerprint density at radius 1 is 1.06 bits per heavy atom. The van der Waals surface area contributed by atoms with Crippen molar-refractivity contribution in [1.82, 2.24) is 19.7 Å². The molecule has 34 heavy (non-hydrogen) atoms. The Hall–Kier alpha value is -3.30. The molecule has 1 aromatic carbocycles. The van der Waals surface area contributed by atoms with Crippen LogP contribution in [0, 0.1) is 13.8 Å². The van der Waals surface area contributed by atoms with Crippen LogP contribution in [0.4, 0.5) is 17.6 Å². The number of nitrogens with zero attached hydrogens (tertiary/aromatic N) is 4. The van der Waals surface area contributed by atoms with Crippen LogP contribution >= 0.6 is 23.2 Å². The number of fused-ring (bicyclic) bond motifs is 1. The second-order valence-corrected chi connectivity index (χ2v) is 8.23. The molecule has 5 nitrogen and oxygen atoms in total. The van der Waals surface area contributed by atoms with Gasteiger partial charge in [-0.1, -0.05) is 23.2 Å². The molecular formula is C23H14Cl2F4N4O. The lowest BCUT2D eigenvalue weighted by Gasteiger charge is -2.13. The molecule has 0 fully saturated rings. The lowest BCUT2D eigenvalue weighted by molar-refractivity contribution is -0.141. The molecule has 174 valence electrons. The summed E-state index contributed by atoms with van der Waals surface area (Å²) < 4.78 is 55.5. The molecule has 3 aromatic heterocycles. The van der Waals surface area contributed by atoms with E-state index < -0.39 is 28.8 Å². The normalized spacial score (nSPS) is 12.4. The summed E-state index contributed by atoms with van der Waals surface area (Å²) in [5.41, 5.74) is -0.843. The molecule has 0 saturated heterocycles. The van der Waals surface area contributed by atoms with E-state index in [4.69, 9.17) is 23.2 Å². The molecule has 0 spiro atoms. The van der Waals surface area contributed by atoms with Crippen LogP contribution in [0.1, 0.15) is 28.2 Å². The maximum absolute atomic E-state index is 15.3. The first-order valence-corrected chi connectivity index (χ1v) is 10.5. The summed E-state index contributed by atoms with van der Waals surface area (Å²) in [6.07, 6.45) is -3.02. The van der Waals surface area contributed by atoms with Crippen molar-refractivity contribution < 1.29 is 17.6 Å². The van der Waals surface area contributed by atoms with Gasteiger partial charge in [-0.2, -0.15) is 18.3 Å². The fourth-order valence-electron chi connectivity index (χ4n) is 3.21. The van der Waals surface area contributed by atoms with E-state index in [0.717, 1.165) is 17.8 Å². The van der Waals surface area contributed by atoms with E-state index >= 15 is 4.39 Å². The van der Waals surface area contributed by atoms with E-state index in [-0.39, 0.29) is 21.1 Å². The van der Waals surface area contributed by atoms with E-state index in [1.807, 2.05) is 0 Å². The van der Waals surface area contributed by atoms with Crippen LogP contribution in [0.3, 0.4) is 0 Å². The lowest BCUT2D eigenvalue weighted by atomic mass is 10.1. The maximum atomic E-state index is 15.3. The van der Waals surface area contributed by atoms with E-state index in [1.54, 1.807) is 26.0 Å². The minimum atomic E-state index is -4.71. The zero-order valence-corrected chi connectivity index (χ0v) is 19.1. The molecule has 0 radical (unpaired) electrons. The van der Waals surface area contributed by atoms with E-state index in [2.05, 4.69) is 15.1 Å². The Kier molecular flexibility index (Phi) is 6.18. The largest absolute Gasteiger partial charge is 0.433 e. The molecule has 4 aromatic rings. The molecule has 0 aliphatic carbocycles. The molecular weight excluding hydrogens is 495 g/mol. The summed E-state index contributed by atoms with van der Waals surface area (Å²) >= 11 is 12.1. The summed E-state index contributed by atoms with van der Waals surface area (Å²) in [6.45, 7) is 3.49. The lowest BCUT2D eigenvalue weighted by Crippen LogP contribution is -2.19. The van der Waals surface area contributed by atoms with Crippen molar-refractivity contribution in [2.24, 2.45) is 0 Å². The Balaban J connectivity index is 1.97. The van der Waals surface area contributed by atoms with Crippen molar-refractivity contribution in [3.05, 3.63) is 91.1 Å². The second-order valence-electron chi connectivity index (χ2n) is 7.41. The average Bonchev–Trinajstić information content (AvgIpc) is 2.77. The van der Waals surface area contributed by atoms with Crippen LogP contribution in [-0.4, -0.2) is 19.7 Å². The van der Waals surface area contributed by atoms with Crippen LogP contribution in [-0.2, 0) is 6.18 Å². The number of hydrogen-bond donors (Lipinski definition) is 0. The maximum Gasteiger partial charge on any atom is 0.433 e. The van der Waals surface area contributed by atoms with Crippen LogP contribution in [0.2, 0.25) is 10.0 Å². The quantitative estimate of drug-likeness (QED) is 0.293. The van der Waals surface area contributed by atoms with Crippen LogP contribution in [0.25, 0.3) is 28.6 Å². The van der Waals surface area contributed by atoms with Gasteiger partial charge < -0.3 is 0 Å². The minimum absolute atomic E-state index is 0.0616. The van der Waals surface area contributed by atoms with Gasteiger partial charge in [0.15, 0.2) is 11.5 Å². The summed E-state index contributed by atoms with van der Waals surface area (Å²) in [5.74, 6) is -1.14. The van der Waals surface area contributed by atoms with Crippen LogP contribution < -0.4 is 5.43 Å². The predicted octanol–water partition coefficient (Wildman–Crippen LogP) is 6.59. The highest BCUT2D eigenvalue weighted by Crippen LogP contribution is 2.29. The highest BCUT2D eigenvalue weighted by atomic mass is 35.5. The number of alkyl halides is 3. The van der Waals surface area contributed by atoms with Crippen molar-refractivity contribution in [3.8, 4) is 5.69 Å². The van der Waals surface area contributed by atoms with Crippen molar-refractivity contribution in [3.63, 3.8) is 0 Å². The first-order chi connectivity index (χ1) is 16.0. The van der Waals surface area contributed by atoms with Crippen molar-refractivity contribution in [2.75, 3.05) is 0 Å².